The fourth-order valence-corrected chi connectivity index (χ4v) is 1.78. The largest absolute Gasteiger partial charge is 0.496 e. The second-order valence-electron chi connectivity index (χ2n) is 3.75. The van der Waals surface area contributed by atoms with Gasteiger partial charge in [-0.05, 0) is 24.3 Å². The van der Waals surface area contributed by atoms with E-state index in [9.17, 15) is 9.90 Å². The number of benzene rings is 1. The summed E-state index contributed by atoms with van der Waals surface area (Å²) < 4.78 is 5.21. The van der Waals surface area contributed by atoms with E-state index in [1.165, 1.54) is 25.6 Å². The summed E-state index contributed by atoms with van der Waals surface area (Å²) in [7, 11) is 1.47. The fourth-order valence-electron chi connectivity index (χ4n) is 1.78. The molecular formula is C14H10N2O3. The first-order valence-electron chi connectivity index (χ1n) is 5.43. The molecule has 19 heavy (non-hydrogen) atoms. The van der Waals surface area contributed by atoms with E-state index in [2.05, 4.69) is 4.98 Å². The summed E-state index contributed by atoms with van der Waals surface area (Å²) in [5, 5.41) is 18.0. The third kappa shape index (κ3) is 2.38. The van der Waals surface area contributed by atoms with E-state index in [0.29, 0.717) is 22.4 Å². The Morgan fingerprint density at radius 1 is 1.37 bits per heavy atom. The number of carbonyl (C=O) groups is 1. The molecule has 0 spiro atoms. The minimum Gasteiger partial charge on any atom is -0.496 e. The number of carboxylic acid groups (broad SMARTS) is 1. The lowest BCUT2D eigenvalue weighted by molar-refractivity contribution is 0.0697. The Morgan fingerprint density at radius 2 is 2.16 bits per heavy atom. The van der Waals surface area contributed by atoms with E-state index in [1.807, 2.05) is 6.07 Å². The highest BCUT2D eigenvalue weighted by molar-refractivity contribution is 5.96. The fraction of sp³-hybridized carbons (Fsp3) is 0.0714. The van der Waals surface area contributed by atoms with Gasteiger partial charge in [0, 0.05) is 23.5 Å². The first kappa shape index (κ1) is 12.6. The van der Waals surface area contributed by atoms with Crippen LogP contribution in [0, 0.1) is 11.3 Å². The molecule has 1 N–H and O–H groups in total. The van der Waals surface area contributed by atoms with Crippen LogP contribution in [0.1, 0.15) is 15.9 Å². The molecule has 1 aromatic heterocycles. The molecule has 1 aromatic carbocycles. The molecular weight excluding hydrogens is 244 g/mol. The lowest BCUT2D eigenvalue weighted by atomic mass is 10.00. The van der Waals surface area contributed by atoms with Crippen molar-refractivity contribution >= 4 is 5.97 Å². The van der Waals surface area contributed by atoms with Crippen LogP contribution in [-0.2, 0) is 0 Å². The van der Waals surface area contributed by atoms with Gasteiger partial charge in [0.25, 0.3) is 0 Å². The summed E-state index contributed by atoms with van der Waals surface area (Å²) in [5.41, 5.74) is 1.63. The number of hydrogen-bond acceptors (Lipinski definition) is 4. The molecule has 0 fully saturated rings. The monoisotopic (exact) mass is 254 g/mol. The van der Waals surface area contributed by atoms with E-state index in [1.54, 1.807) is 18.2 Å². The van der Waals surface area contributed by atoms with Crippen LogP contribution < -0.4 is 4.74 Å². The van der Waals surface area contributed by atoms with Gasteiger partial charge in [0.05, 0.1) is 24.3 Å². The summed E-state index contributed by atoms with van der Waals surface area (Å²) in [6.45, 7) is 0. The number of hydrogen-bond donors (Lipinski definition) is 1. The maximum Gasteiger partial charge on any atom is 0.336 e. The molecule has 0 radical (unpaired) electrons. The molecule has 0 aliphatic carbocycles. The zero-order valence-corrected chi connectivity index (χ0v) is 10.1. The van der Waals surface area contributed by atoms with Crippen LogP contribution in [0.2, 0.25) is 0 Å². The van der Waals surface area contributed by atoms with Crippen molar-refractivity contribution in [3.05, 3.63) is 47.8 Å². The normalized spacial score (nSPS) is 9.68. The Hall–Kier alpha value is -2.87. The maximum atomic E-state index is 11.2. The zero-order valence-electron chi connectivity index (χ0n) is 10.1. The van der Waals surface area contributed by atoms with E-state index in [0.717, 1.165) is 0 Å². The molecule has 94 valence electrons. The summed E-state index contributed by atoms with van der Waals surface area (Å²) in [6, 6.07) is 8.26. The van der Waals surface area contributed by atoms with Crippen LogP contribution in [0.5, 0.6) is 5.75 Å². The maximum absolute atomic E-state index is 11.2. The van der Waals surface area contributed by atoms with Crippen molar-refractivity contribution in [3.63, 3.8) is 0 Å². The molecule has 0 unspecified atom stereocenters. The van der Waals surface area contributed by atoms with Crippen molar-refractivity contribution in [1.82, 2.24) is 4.98 Å². The third-order valence-corrected chi connectivity index (χ3v) is 2.67. The minimum absolute atomic E-state index is 0.137. The molecule has 2 aromatic rings. The predicted octanol–water partition coefficient (Wildman–Crippen LogP) is 2.33. The average Bonchev–Trinajstić information content (AvgIpc) is 2.46. The van der Waals surface area contributed by atoms with Gasteiger partial charge in [-0.15, -0.1) is 0 Å². The van der Waals surface area contributed by atoms with Gasteiger partial charge < -0.3 is 9.84 Å². The highest BCUT2D eigenvalue weighted by Crippen LogP contribution is 2.32. The molecule has 0 atom stereocenters. The molecule has 5 nitrogen and oxygen atoms in total. The molecule has 0 aliphatic heterocycles. The van der Waals surface area contributed by atoms with E-state index in [4.69, 9.17) is 10.00 Å². The first-order valence-corrected chi connectivity index (χ1v) is 5.43. The number of aromatic nitrogens is 1. The Balaban J connectivity index is 2.66. The predicted molar refractivity (Wildman–Crippen MR) is 67.9 cm³/mol. The van der Waals surface area contributed by atoms with E-state index < -0.39 is 5.97 Å². The van der Waals surface area contributed by atoms with Crippen molar-refractivity contribution in [2.45, 2.75) is 0 Å². The molecule has 2 rings (SSSR count). The van der Waals surface area contributed by atoms with Crippen molar-refractivity contribution in [3.8, 4) is 22.9 Å². The Morgan fingerprint density at radius 3 is 2.79 bits per heavy atom. The third-order valence-electron chi connectivity index (χ3n) is 2.67. The zero-order chi connectivity index (χ0) is 13.8. The Labute approximate surface area is 109 Å². The van der Waals surface area contributed by atoms with Crippen molar-refractivity contribution in [2.75, 3.05) is 7.11 Å². The molecule has 0 saturated heterocycles. The number of pyridine rings is 1. The number of methoxy groups -OCH3 is 1. The standard InChI is InChI=1S/C14H10N2O3/c1-19-13-6-9(7-15)2-3-10(13)12-8-16-5-4-11(12)14(17)18/h2-6,8H,1H3,(H,17,18). The van der Waals surface area contributed by atoms with Crippen molar-refractivity contribution < 1.29 is 14.6 Å². The summed E-state index contributed by atoms with van der Waals surface area (Å²) in [4.78, 5) is 15.1. The molecule has 0 amide bonds. The van der Waals surface area contributed by atoms with E-state index >= 15 is 0 Å². The smallest absolute Gasteiger partial charge is 0.336 e. The highest BCUT2D eigenvalue weighted by Gasteiger charge is 2.15. The topological polar surface area (TPSA) is 83.2 Å². The number of nitrogens with zero attached hydrogens (tertiary/aromatic N) is 2. The van der Waals surface area contributed by atoms with Gasteiger partial charge in [-0.1, -0.05) is 0 Å². The molecule has 0 bridgehead atoms. The van der Waals surface area contributed by atoms with Crippen LogP contribution >= 0.6 is 0 Å². The van der Waals surface area contributed by atoms with Gasteiger partial charge in [0.15, 0.2) is 0 Å². The number of carboxylic acids is 1. The number of ether oxygens (including phenoxy) is 1. The molecule has 1 heterocycles. The number of rotatable bonds is 3. The van der Waals surface area contributed by atoms with Crippen molar-refractivity contribution in [1.29, 1.82) is 5.26 Å². The minimum atomic E-state index is -1.04. The summed E-state index contributed by atoms with van der Waals surface area (Å²) in [6.07, 6.45) is 2.89. The lowest BCUT2D eigenvalue weighted by Crippen LogP contribution is -2.01. The highest BCUT2D eigenvalue weighted by atomic mass is 16.5. The number of nitriles is 1. The quantitative estimate of drug-likeness (QED) is 0.908. The Kier molecular flexibility index (Phi) is 3.44. The Bertz CT molecular complexity index is 675. The van der Waals surface area contributed by atoms with Crippen LogP contribution in [-0.4, -0.2) is 23.2 Å². The first-order chi connectivity index (χ1) is 9.17. The summed E-state index contributed by atoms with van der Waals surface area (Å²) in [5.74, 6) is -0.599. The van der Waals surface area contributed by atoms with Gasteiger partial charge in [-0.2, -0.15) is 5.26 Å². The number of aromatic carboxylic acids is 1. The van der Waals surface area contributed by atoms with Gasteiger partial charge >= 0.3 is 5.97 Å². The van der Waals surface area contributed by atoms with Crippen LogP contribution in [0.3, 0.4) is 0 Å². The molecule has 5 heteroatoms. The lowest BCUT2D eigenvalue weighted by Gasteiger charge is -2.10. The van der Waals surface area contributed by atoms with Gasteiger partial charge in [-0.3, -0.25) is 4.98 Å². The van der Waals surface area contributed by atoms with Gasteiger partial charge in [-0.25, -0.2) is 4.79 Å². The summed E-state index contributed by atoms with van der Waals surface area (Å²) >= 11 is 0. The average molecular weight is 254 g/mol. The molecule has 0 saturated carbocycles. The second kappa shape index (κ2) is 5.19. The van der Waals surface area contributed by atoms with Crippen LogP contribution in [0.25, 0.3) is 11.1 Å². The van der Waals surface area contributed by atoms with E-state index in [-0.39, 0.29) is 5.56 Å². The van der Waals surface area contributed by atoms with Gasteiger partial charge in [0.1, 0.15) is 5.75 Å². The van der Waals surface area contributed by atoms with Crippen LogP contribution in [0.4, 0.5) is 0 Å². The second-order valence-corrected chi connectivity index (χ2v) is 3.75. The van der Waals surface area contributed by atoms with Crippen molar-refractivity contribution in [2.24, 2.45) is 0 Å². The van der Waals surface area contributed by atoms with Crippen LogP contribution in [0.15, 0.2) is 36.7 Å². The molecule has 0 aliphatic rings. The SMILES string of the molecule is COc1cc(C#N)ccc1-c1cnccc1C(=O)O. The van der Waals surface area contributed by atoms with Gasteiger partial charge in [0.2, 0.25) is 0 Å².